The molecule has 2 N–H and O–H groups in total. The van der Waals surface area contributed by atoms with Crippen LogP contribution >= 0.6 is 0 Å². The lowest BCUT2D eigenvalue weighted by Crippen LogP contribution is -2.19. The molecule has 1 fully saturated rings. The monoisotopic (exact) mass is 535 g/mol. The van der Waals surface area contributed by atoms with Crippen LogP contribution in [0.15, 0.2) is 89.5 Å². The third-order valence-electron chi connectivity index (χ3n) is 7.37. The number of methoxy groups -OCH3 is 1. The molecule has 0 unspecified atom stereocenters. The number of aryl methyl sites for hydroxylation is 1. The minimum atomic E-state index is -0.882. The summed E-state index contributed by atoms with van der Waals surface area (Å²) in [7, 11) is 1.42. The minimum Gasteiger partial charge on any atom is -0.493 e. The van der Waals surface area contributed by atoms with E-state index in [1.54, 1.807) is 24.3 Å². The molecule has 200 valence electrons. The molecule has 2 aromatic heterocycles. The Balaban J connectivity index is 1.45. The normalized spacial score (nSPS) is 13.6. The Kier molecular flexibility index (Phi) is 6.30. The molecule has 0 atom stereocenters. The second-order valence-electron chi connectivity index (χ2n) is 9.84. The second-order valence-corrected chi connectivity index (χ2v) is 9.84. The number of nitrogens with one attached hydrogen (secondary N) is 1. The van der Waals surface area contributed by atoms with Gasteiger partial charge in [-0.2, -0.15) is 0 Å². The van der Waals surface area contributed by atoms with Gasteiger partial charge >= 0.3 is 5.97 Å². The average Bonchev–Trinajstić information content (AvgIpc) is 3.72. The van der Waals surface area contributed by atoms with E-state index in [-0.39, 0.29) is 5.75 Å². The summed E-state index contributed by atoms with van der Waals surface area (Å²) in [5, 5.41) is 17.5. The first-order chi connectivity index (χ1) is 19.4. The number of benzene rings is 3. The Morgan fingerprint density at radius 2 is 1.75 bits per heavy atom. The van der Waals surface area contributed by atoms with E-state index in [1.165, 1.54) is 13.2 Å². The number of carboxylic acids is 1. The first-order valence-corrected chi connectivity index (χ1v) is 12.9. The molecule has 0 amide bonds. The fraction of sp³-hybridized carbons (Fsp3) is 0.156. The Morgan fingerprint density at radius 3 is 2.48 bits per heavy atom. The molecule has 2 heterocycles. The van der Waals surface area contributed by atoms with Crippen molar-refractivity contribution < 1.29 is 23.6 Å². The summed E-state index contributed by atoms with van der Waals surface area (Å²) in [6.45, 7) is 1.82. The van der Waals surface area contributed by atoms with Crippen molar-refractivity contribution in [2.75, 3.05) is 12.4 Å². The van der Waals surface area contributed by atoms with Crippen molar-refractivity contribution >= 4 is 17.5 Å². The molecule has 6 rings (SSSR count). The zero-order chi connectivity index (χ0) is 27.9. The molecule has 0 spiro atoms. The maximum Gasteiger partial charge on any atom is 0.314 e. The van der Waals surface area contributed by atoms with Gasteiger partial charge in [0.05, 0.1) is 18.2 Å². The highest BCUT2D eigenvalue weighted by atomic mass is 19.1. The Labute approximate surface area is 230 Å². The third kappa shape index (κ3) is 4.37. The number of aromatic nitrogens is 2. The van der Waals surface area contributed by atoms with E-state index in [2.05, 4.69) is 10.5 Å². The maximum atomic E-state index is 14.4. The standard InChI is InChI=1S/C32H26FN3O4/c1-19-28(35-27-13-7-12-26(34-27)23-10-6-11-25(33)29(23)39-2)30(40-36-19)24-18-21(32(16-17-32)31(37)38)14-15-22(24)20-8-4-3-5-9-20/h3-15,18H,16-17H2,1-2H3,(H,34,35)(H,37,38). The number of carboxylic acid groups (broad SMARTS) is 1. The van der Waals surface area contributed by atoms with Crippen LogP contribution in [0.3, 0.4) is 0 Å². The molecule has 8 heteroatoms. The van der Waals surface area contributed by atoms with Crippen molar-refractivity contribution in [2.24, 2.45) is 0 Å². The third-order valence-corrected chi connectivity index (χ3v) is 7.37. The lowest BCUT2D eigenvalue weighted by molar-refractivity contribution is -0.140. The average molecular weight is 536 g/mol. The Morgan fingerprint density at radius 1 is 0.975 bits per heavy atom. The summed E-state index contributed by atoms with van der Waals surface area (Å²) in [6.07, 6.45) is 1.18. The van der Waals surface area contributed by atoms with Gasteiger partial charge in [-0.1, -0.05) is 59.8 Å². The number of hydrogen-bond acceptors (Lipinski definition) is 6. The van der Waals surface area contributed by atoms with Gasteiger partial charge in [0, 0.05) is 11.1 Å². The fourth-order valence-electron chi connectivity index (χ4n) is 5.05. The summed E-state index contributed by atoms with van der Waals surface area (Å²) < 4.78 is 25.5. The number of para-hydroxylation sites is 1. The van der Waals surface area contributed by atoms with Gasteiger partial charge in [-0.15, -0.1) is 0 Å². The predicted molar refractivity (Wildman–Crippen MR) is 150 cm³/mol. The summed E-state index contributed by atoms with van der Waals surface area (Å²) in [6, 6.07) is 25.7. The lowest BCUT2D eigenvalue weighted by atomic mass is 9.89. The van der Waals surface area contributed by atoms with Gasteiger partial charge in [0.1, 0.15) is 17.2 Å². The van der Waals surface area contributed by atoms with Gasteiger partial charge in [0.25, 0.3) is 0 Å². The number of hydrogen-bond donors (Lipinski definition) is 2. The molecule has 7 nitrogen and oxygen atoms in total. The highest BCUT2D eigenvalue weighted by molar-refractivity contribution is 5.91. The number of rotatable bonds is 8. The van der Waals surface area contributed by atoms with E-state index >= 15 is 0 Å². The molecule has 40 heavy (non-hydrogen) atoms. The number of anilines is 2. The first-order valence-electron chi connectivity index (χ1n) is 12.9. The van der Waals surface area contributed by atoms with E-state index in [0.29, 0.717) is 47.1 Å². The predicted octanol–water partition coefficient (Wildman–Crippen LogP) is 7.39. The number of aliphatic carboxylic acids is 1. The van der Waals surface area contributed by atoms with Crippen LogP contribution in [0, 0.1) is 12.7 Å². The van der Waals surface area contributed by atoms with Gasteiger partial charge in [-0.25, -0.2) is 9.37 Å². The minimum absolute atomic E-state index is 0.116. The molecule has 0 bridgehead atoms. The van der Waals surface area contributed by atoms with Crippen LogP contribution in [0.1, 0.15) is 24.1 Å². The molecule has 0 radical (unpaired) electrons. The van der Waals surface area contributed by atoms with Gasteiger partial charge in [-0.3, -0.25) is 4.79 Å². The van der Waals surface area contributed by atoms with Crippen LogP contribution in [0.25, 0.3) is 33.7 Å². The SMILES string of the molecule is COc1c(F)cccc1-c1cccc(Nc2c(C)noc2-c2cc(C3(C(=O)O)CC3)ccc2-c2ccccc2)n1. The van der Waals surface area contributed by atoms with Crippen LogP contribution in [-0.4, -0.2) is 28.3 Å². The van der Waals surface area contributed by atoms with Crippen molar-refractivity contribution in [3.05, 3.63) is 102 Å². The van der Waals surface area contributed by atoms with Crippen molar-refractivity contribution in [1.82, 2.24) is 10.1 Å². The molecular weight excluding hydrogens is 509 g/mol. The van der Waals surface area contributed by atoms with Crippen LogP contribution in [0.2, 0.25) is 0 Å². The topological polar surface area (TPSA) is 97.5 Å². The highest BCUT2D eigenvalue weighted by Gasteiger charge is 2.52. The van der Waals surface area contributed by atoms with Crippen LogP contribution in [-0.2, 0) is 10.2 Å². The fourth-order valence-corrected chi connectivity index (χ4v) is 5.05. The van der Waals surface area contributed by atoms with Gasteiger partial charge in [-0.05, 0) is 66.8 Å². The quantitative estimate of drug-likeness (QED) is 0.214. The van der Waals surface area contributed by atoms with Crippen molar-refractivity contribution in [2.45, 2.75) is 25.2 Å². The van der Waals surface area contributed by atoms with Crippen LogP contribution in [0.4, 0.5) is 15.9 Å². The molecule has 5 aromatic rings. The van der Waals surface area contributed by atoms with Crippen LogP contribution in [0.5, 0.6) is 5.75 Å². The smallest absolute Gasteiger partial charge is 0.314 e. The number of ether oxygens (including phenoxy) is 1. The Hall–Kier alpha value is -4.98. The van der Waals surface area contributed by atoms with Crippen molar-refractivity contribution in [3.8, 4) is 39.5 Å². The van der Waals surface area contributed by atoms with Crippen LogP contribution < -0.4 is 10.1 Å². The maximum absolute atomic E-state index is 14.4. The Bertz CT molecular complexity index is 1730. The van der Waals surface area contributed by atoms with E-state index in [1.807, 2.05) is 61.5 Å². The van der Waals surface area contributed by atoms with E-state index in [9.17, 15) is 14.3 Å². The van der Waals surface area contributed by atoms with Gasteiger partial charge < -0.3 is 19.7 Å². The van der Waals surface area contributed by atoms with Crippen molar-refractivity contribution in [1.29, 1.82) is 0 Å². The first kappa shape index (κ1) is 25.3. The molecular formula is C32H26FN3O4. The number of carbonyl (C=O) groups is 1. The van der Waals surface area contributed by atoms with Gasteiger partial charge in [0.15, 0.2) is 17.3 Å². The number of halogens is 1. The van der Waals surface area contributed by atoms with E-state index in [0.717, 1.165) is 22.3 Å². The lowest BCUT2D eigenvalue weighted by Gasteiger charge is -2.16. The van der Waals surface area contributed by atoms with Gasteiger partial charge in [0.2, 0.25) is 0 Å². The summed E-state index contributed by atoms with van der Waals surface area (Å²) in [4.78, 5) is 16.8. The largest absolute Gasteiger partial charge is 0.493 e. The number of nitrogens with zero attached hydrogens (tertiary/aromatic N) is 2. The zero-order valence-corrected chi connectivity index (χ0v) is 21.9. The molecule has 0 aliphatic heterocycles. The van der Waals surface area contributed by atoms with E-state index in [4.69, 9.17) is 14.2 Å². The summed E-state index contributed by atoms with van der Waals surface area (Å²) in [5.41, 5.74) is 4.68. The highest BCUT2D eigenvalue weighted by Crippen LogP contribution is 2.50. The molecule has 0 saturated heterocycles. The molecule has 3 aromatic carbocycles. The second kappa shape index (κ2) is 9.96. The van der Waals surface area contributed by atoms with Crippen molar-refractivity contribution in [3.63, 3.8) is 0 Å². The van der Waals surface area contributed by atoms with E-state index < -0.39 is 17.2 Å². The molecule has 1 saturated carbocycles. The molecule has 1 aliphatic carbocycles. The zero-order valence-electron chi connectivity index (χ0n) is 21.9. The molecule has 1 aliphatic rings. The summed E-state index contributed by atoms with van der Waals surface area (Å²) in [5.74, 6) is -0.217. The number of pyridine rings is 1. The summed E-state index contributed by atoms with van der Waals surface area (Å²) >= 11 is 0.